The van der Waals surface area contributed by atoms with Crippen molar-refractivity contribution < 1.29 is 4.42 Å². The van der Waals surface area contributed by atoms with Crippen molar-refractivity contribution in [1.82, 2.24) is 4.57 Å². The number of benzene rings is 9. The first kappa shape index (κ1) is 30.6. The van der Waals surface area contributed by atoms with Crippen LogP contribution in [0.1, 0.15) is 25.0 Å². The fourth-order valence-corrected chi connectivity index (χ4v) is 9.61. The van der Waals surface area contributed by atoms with Crippen LogP contribution in [0.25, 0.3) is 104 Å². The lowest BCUT2D eigenvalue weighted by Crippen LogP contribution is -2.15. The average Bonchev–Trinajstić information content (AvgIpc) is 3.85. The molecule has 0 aliphatic heterocycles. The summed E-state index contributed by atoms with van der Waals surface area (Å²) in [6, 6.07) is 64.8. The molecular formula is C53H35NO. The van der Waals surface area contributed by atoms with Crippen LogP contribution in [0, 0.1) is 0 Å². The van der Waals surface area contributed by atoms with Crippen LogP contribution >= 0.6 is 0 Å². The molecule has 0 radical (unpaired) electrons. The zero-order valence-corrected chi connectivity index (χ0v) is 30.6. The molecule has 0 saturated carbocycles. The van der Waals surface area contributed by atoms with Crippen LogP contribution in [0.3, 0.4) is 0 Å². The molecule has 0 bridgehead atoms. The van der Waals surface area contributed by atoms with E-state index in [9.17, 15) is 0 Å². The molecule has 2 heteroatoms. The van der Waals surface area contributed by atoms with Gasteiger partial charge in [-0.2, -0.15) is 0 Å². The normalized spacial score (nSPS) is 13.4. The highest BCUT2D eigenvalue weighted by Crippen LogP contribution is 2.53. The van der Waals surface area contributed by atoms with Gasteiger partial charge in [-0.25, -0.2) is 0 Å². The summed E-state index contributed by atoms with van der Waals surface area (Å²) in [6.45, 7) is 4.71. The van der Waals surface area contributed by atoms with Crippen molar-refractivity contribution in [2.45, 2.75) is 19.3 Å². The summed E-state index contributed by atoms with van der Waals surface area (Å²) in [7, 11) is 0. The molecule has 12 rings (SSSR count). The van der Waals surface area contributed by atoms with Gasteiger partial charge in [-0.15, -0.1) is 0 Å². The van der Waals surface area contributed by atoms with E-state index in [1.807, 2.05) is 0 Å². The Morgan fingerprint density at radius 1 is 0.418 bits per heavy atom. The van der Waals surface area contributed by atoms with Crippen molar-refractivity contribution in [3.05, 3.63) is 187 Å². The molecule has 0 amide bonds. The number of fused-ring (bicyclic) bond motifs is 13. The molecule has 55 heavy (non-hydrogen) atoms. The fraction of sp³-hybridized carbons (Fsp3) is 0.0566. The lowest BCUT2D eigenvalue weighted by molar-refractivity contribution is 0.653. The first-order chi connectivity index (χ1) is 27.0. The minimum absolute atomic E-state index is 0.193. The van der Waals surface area contributed by atoms with Crippen molar-refractivity contribution in [2.24, 2.45) is 0 Å². The zero-order valence-electron chi connectivity index (χ0n) is 30.6. The Morgan fingerprint density at radius 2 is 1.05 bits per heavy atom. The highest BCUT2D eigenvalue weighted by molar-refractivity contribution is 6.14. The van der Waals surface area contributed by atoms with Gasteiger partial charge < -0.3 is 8.98 Å². The molecule has 1 aliphatic rings. The molecule has 0 fully saturated rings. The third kappa shape index (κ3) is 4.31. The zero-order chi connectivity index (χ0) is 36.4. The van der Waals surface area contributed by atoms with E-state index in [2.05, 4.69) is 194 Å². The van der Waals surface area contributed by atoms with E-state index in [4.69, 9.17) is 4.42 Å². The van der Waals surface area contributed by atoms with Gasteiger partial charge in [0.2, 0.25) is 0 Å². The lowest BCUT2D eigenvalue weighted by atomic mass is 9.82. The predicted molar refractivity (Wildman–Crippen MR) is 232 cm³/mol. The summed E-state index contributed by atoms with van der Waals surface area (Å²) < 4.78 is 9.06. The number of hydrogen-bond acceptors (Lipinski definition) is 1. The Balaban J connectivity index is 1.07. The number of nitrogens with zero attached hydrogens (tertiary/aromatic N) is 1. The fourth-order valence-electron chi connectivity index (χ4n) is 9.61. The van der Waals surface area contributed by atoms with Crippen LogP contribution in [0.2, 0.25) is 0 Å². The van der Waals surface area contributed by atoms with E-state index in [1.165, 1.54) is 104 Å². The highest BCUT2D eigenvalue weighted by atomic mass is 16.3. The molecule has 1 aliphatic carbocycles. The van der Waals surface area contributed by atoms with Gasteiger partial charge in [-0.05, 0) is 109 Å². The maximum absolute atomic E-state index is 6.60. The Labute approximate surface area is 318 Å². The summed E-state index contributed by atoms with van der Waals surface area (Å²) in [5.74, 6) is 0. The van der Waals surface area contributed by atoms with Gasteiger partial charge in [0, 0.05) is 38.2 Å². The number of para-hydroxylation sites is 1. The molecule has 0 saturated heterocycles. The van der Waals surface area contributed by atoms with Crippen LogP contribution in [0.4, 0.5) is 0 Å². The van der Waals surface area contributed by atoms with Gasteiger partial charge in [0.25, 0.3) is 0 Å². The molecule has 0 atom stereocenters. The highest BCUT2D eigenvalue weighted by Gasteiger charge is 2.38. The van der Waals surface area contributed by atoms with E-state index >= 15 is 0 Å². The molecule has 0 unspecified atom stereocenters. The minimum atomic E-state index is -0.193. The first-order valence-electron chi connectivity index (χ1n) is 19.2. The molecule has 2 nitrogen and oxygen atoms in total. The molecule has 0 spiro atoms. The quantitative estimate of drug-likeness (QED) is 0.168. The van der Waals surface area contributed by atoms with Crippen molar-refractivity contribution in [1.29, 1.82) is 0 Å². The average molecular weight is 702 g/mol. The van der Waals surface area contributed by atoms with Crippen molar-refractivity contribution in [2.75, 3.05) is 0 Å². The first-order valence-corrected chi connectivity index (χ1v) is 19.2. The summed E-state index contributed by atoms with van der Waals surface area (Å²) in [5, 5.41) is 9.94. The smallest absolute Gasteiger partial charge is 0.143 e. The van der Waals surface area contributed by atoms with Crippen molar-refractivity contribution >= 4 is 65.3 Å². The van der Waals surface area contributed by atoms with Crippen LogP contribution in [-0.4, -0.2) is 4.57 Å². The Kier molecular flexibility index (Phi) is 6.15. The van der Waals surface area contributed by atoms with Gasteiger partial charge >= 0.3 is 0 Å². The molecule has 0 N–H and O–H groups in total. The SMILES string of the molecule is CC1(C)c2cc(-n3c4ccc(-c5ccccc5)cc4c4cc(-c5ccc6c(ccc7ccccc76)c5)ccc43)ccc2-c2c1ccc1c2oc2ccccc21. The van der Waals surface area contributed by atoms with E-state index in [0.717, 1.165) is 11.2 Å². The van der Waals surface area contributed by atoms with Gasteiger partial charge in [0.05, 0.1) is 11.0 Å². The number of aromatic nitrogens is 1. The van der Waals surface area contributed by atoms with Crippen molar-refractivity contribution in [3.8, 4) is 39.1 Å². The molecule has 11 aromatic rings. The van der Waals surface area contributed by atoms with Gasteiger partial charge in [-0.1, -0.05) is 141 Å². The topological polar surface area (TPSA) is 18.1 Å². The maximum Gasteiger partial charge on any atom is 0.143 e. The van der Waals surface area contributed by atoms with E-state index < -0.39 is 0 Å². The lowest BCUT2D eigenvalue weighted by Gasteiger charge is -2.22. The monoisotopic (exact) mass is 701 g/mol. The number of hydrogen-bond donors (Lipinski definition) is 0. The number of rotatable bonds is 3. The molecule has 2 aromatic heterocycles. The molecule has 9 aromatic carbocycles. The van der Waals surface area contributed by atoms with E-state index in [1.54, 1.807) is 0 Å². The summed E-state index contributed by atoms with van der Waals surface area (Å²) >= 11 is 0. The predicted octanol–water partition coefficient (Wildman–Crippen LogP) is 14.6. The van der Waals surface area contributed by atoms with Crippen molar-refractivity contribution in [3.63, 3.8) is 0 Å². The number of furan rings is 1. The summed E-state index contributed by atoms with van der Waals surface area (Å²) in [6.07, 6.45) is 0. The molecular weight excluding hydrogens is 667 g/mol. The minimum Gasteiger partial charge on any atom is -0.455 e. The summed E-state index contributed by atoms with van der Waals surface area (Å²) in [4.78, 5) is 0. The Bertz CT molecular complexity index is 3400. The van der Waals surface area contributed by atoms with E-state index in [0.29, 0.717) is 0 Å². The van der Waals surface area contributed by atoms with Gasteiger partial charge in [-0.3, -0.25) is 0 Å². The molecule has 2 heterocycles. The molecule has 258 valence electrons. The van der Waals surface area contributed by atoms with Gasteiger partial charge in [0.1, 0.15) is 11.2 Å². The third-order valence-corrected chi connectivity index (χ3v) is 12.4. The summed E-state index contributed by atoms with van der Waals surface area (Å²) in [5.41, 5.74) is 15.3. The second-order valence-electron chi connectivity index (χ2n) is 15.7. The standard InChI is InChI=1S/C53H35NO/c1-53(2)46-25-24-42-41-14-8-9-15-50(41)55-52(42)51(46)43-23-21-38(31-47(43)53)54-48-26-19-35(32-10-4-3-5-11-32)29-44(48)45-30-36(20-27-49(45)54)34-18-22-40-37(28-34)17-16-33-12-6-7-13-39(33)40/h3-31H,1-2H3. The largest absolute Gasteiger partial charge is 0.455 e. The second kappa shape index (κ2) is 11.1. The van der Waals surface area contributed by atoms with Crippen LogP contribution in [0.15, 0.2) is 180 Å². The maximum atomic E-state index is 6.60. The Morgan fingerprint density at radius 3 is 1.87 bits per heavy atom. The van der Waals surface area contributed by atoms with Crippen LogP contribution < -0.4 is 0 Å². The third-order valence-electron chi connectivity index (χ3n) is 12.4. The second-order valence-corrected chi connectivity index (χ2v) is 15.7. The van der Waals surface area contributed by atoms with Crippen LogP contribution in [0.5, 0.6) is 0 Å². The van der Waals surface area contributed by atoms with E-state index in [-0.39, 0.29) is 5.41 Å². The van der Waals surface area contributed by atoms with Gasteiger partial charge in [0.15, 0.2) is 0 Å². The van der Waals surface area contributed by atoms with Crippen LogP contribution in [-0.2, 0) is 5.41 Å². The Hall–Kier alpha value is -6.90.